The molecule has 0 aliphatic rings. The van der Waals surface area contributed by atoms with Gasteiger partial charge in [-0.1, -0.05) is 0 Å². The number of nitrogens with two attached hydrogens (primary N) is 1. The molecule has 0 saturated carbocycles. The van der Waals surface area contributed by atoms with Crippen molar-refractivity contribution in [3.63, 3.8) is 0 Å². The molecule has 0 aromatic rings. The monoisotopic (exact) mass is 309 g/mol. The molecule has 0 aliphatic carbocycles. The van der Waals surface area contributed by atoms with Crippen LogP contribution in [0.2, 0.25) is 0 Å². The van der Waals surface area contributed by atoms with Crippen LogP contribution in [0.15, 0.2) is 0 Å². The fraction of sp³-hybridized carbons (Fsp3) is 0.727. The number of aliphatic carboxylic acids is 1. The molecular weight excluding hydrogens is 290 g/mol. The van der Waals surface area contributed by atoms with Crippen LogP contribution < -0.4 is 5.73 Å². The van der Waals surface area contributed by atoms with Gasteiger partial charge in [0.1, 0.15) is 24.4 Å². The Labute approximate surface area is 119 Å². The van der Waals surface area contributed by atoms with E-state index in [0.717, 1.165) is 0 Å². The number of carbonyl (C=O) groups excluding carboxylic acids is 2. The highest BCUT2D eigenvalue weighted by Crippen LogP contribution is 2.09. The van der Waals surface area contributed by atoms with E-state index >= 15 is 0 Å². The summed E-state index contributed by atoms with van der Waals surface area (Å²) in [7, 11) is 0. The molecule has 10 heteroatoms. The second-order valence-electron chi connectivity index (χ2n) is 4.31. The molecule has 0 bridgehead atoms. The van der Waals surface area contributed by atoms with Crippen LogP contribution in [0.4, 0.5) is 0 Å². The molecule has 21 heavy (non-hydrogen) atoms. The zero-order valence-electron chi connectivity index (χ0n) is 11.0. The highest BCUT2D eigenvalue weighted by Gasteiger charge is 2.33. The summed E-state index contributed by atoms with van der Waals surface area (Å²) in [6, 6.07) is -1.28. The summed E-state index contributed by atoms with van der Waals surface area (Å²) in [6.07, 6.45) is -7.95. The van der Waals surface area contributed by atoms with Crippen LogP contribution in [0.5, 0.6) is 0 Å². The Bertz CT molecular complexity index is 362. The molecule has 0 unspecified atom stereocenters. The van der Waals surface area contributed by atoms with Crippen molar-refractivity contribution in [2.75, 3.05) is 6.61 Å². The minimum Gasteiger partial charge on any atom is -0.480 e. The summed E-state index contributed by atoms with van der Waals surface area (Å²) >= 11 is 0. The van der Waals surface area contributed by atoms with E-state index in [-0.39, 0.29) is 12.7 Å². The molecule has 122 valence electrons. The molecule has 0 rings (SSSR count). The van der Waals surface area contributed by atoms with Gasteiger partial charge in [0.25, 0.3) is 0 Å². The van der Waals surface area contributed by atoms with Gasteiger partial charge in [-0.2, -0.15) is 0 Å². The fourth-order valence-corrected chi connectivity index (χ4v) is 1.32. The molecule has 0 saturated heterocycles. The van der Waals surface area contributed by atoms with Gasteiger partial charge in [0.15, 0.2) is 12.4 Å². The SMILES string of the molecule is N[C@H](CCC(=O)O[C@@H](C=O)[C@@H](O)[C@H](O)[C@H](O)CO)C(=O)O. The number of aldehydes is 1. The van der Waals surface area contributed by atoms with Crippen LogP contribution in [0.25, 0.3) is 0 Å². The Balaban J connectivity index is 4.45. The normalized spacial score (nSPS) is 18.1. The lowest BCUT2D eigenvalue weighted by Gasteiger charge is -2.25. The van der Waals surface area contributed by atoms with E-state index in [4.69, 9.17) is 21.1 Å². The molecule has 0 aliphatic heterocycles. The number of carboxylic acids is 1. The van der Waals surface area contributed by atoms with E-state index < -0.39 is 55.4 Å². The van der Waals surface area contributed by atoms with Crippen molar-refractivity contribution >= 4 is 18.2 Å². The van der Waals surface area contributed by atoms with Gasteiger partial charge in [0.2, 0.25) is 0 Å². The average molecular weight is 309 g/mol. The summed E-state index contributed by atoms with van der Waals surface area (Å²) in [4.78, 5) is 32.5. The van der Waals surface area contributed by atoms with E-state index in [1.54, 1.807) is 0 Å². The van der Waals surface area contributed by atoms with E-state index in [0.29, 0.717) is 0 Å². The number of aliphatic hydroxyl groups is 4. The Morgan fingerprint density at radius 1 is 1.19 bits per heavy atom. The van der Waals surface area contributed by atoms with E-state index in [9.17, 15) is 24.6 Å². The summed E-state index contributed by atoms with van der Waals surface area (Å²) in [6.45, 7) is -0.870. The number of esters is 1. The number of hydrogen-bond acceptors (Lipinski definition) is 9. The molecule has 0 radical (unpaired) electrons. The van der Waals surface area contributed by atoms with Crippen molar-refractivity contribution in [1.82, 2.24) is 0 Å². The zero-order valence-corrected chi connectivity index (χ0v) is 11.0. The predicted molar refractivity (Wildman–Crippen MR) is 65.9 cm³/mol. The van der Waals surface area contributed by atoms with Crippen LogP contribution >= 0.6 is 0 Å². The lowest BCUT2D eigenvalue weighted by molar-refractivity contribution is -0.168. The van der Waals surface area contributed by atoms with E-state index in [1.165, 1.54) is 0 Å². The van der Waals surface area contributed by atoms with Gasteiger partial charge < -0.3 is 36.0 Å². The Morgan fingerprint density at radius 2 is 1.76 bits per heavy atom. The van der Waals surface area contributed by atoms with Gasteiger partial charge in [-0.15, -0.1) is 0 Å². The molecular formula is C11H19NO9. The molecule has 0 spiro atoms. The van der Waals surface area contributed by atoms with Crippen LogP contribution in [-0.4, -0.2) is 80.8 Å². The summed E-state index contributed by atoms with van der Waals surface area (Å²) in [5.41, 5.74) is 5.17. The predicted octanol–water partition coefficient (Wildman–Crippen LogP) is -3.64. The molecule has 0 fully saturated rings. The first kappa shape index (κ1) is 19.4. The maximum absolute atomic E-state index is 11.4. The van der Waals surface area contributed by atoms with Crippen molar-refractivity contribution < 1.29 is 44.7 Å². The maximum Gasteiger partial charge on any atom is 0.320 e. The van der Waals surface area contributed by atoms with Gasteiger partial charge in [0.05, 0.1) is 6.61 Å². The number of carboxylic acid groups (broad SMARTS) is 1. The standard InChI is InChI=1S/C11H19NO9/c12-5(11(19)20)1-2-8(16)21-7(4-14)10(18)9(17)6(15)3-13/h4-7,9-10,13,15,17-18H,1-3,12H2,(H,19,20)/t5-,6-,7+,9-,10-/m1/s1. The minimum atomic E-state index is -1.94. The van der Waals surface area contributed by atoms with Crippen LogP contribution in [0.1, 0.15) is 12.8 Å². The second-order valence-corrected chi connectivity index (χ2v) is 4.31. The Kier molecular flexibility index (Phi) is 8.66. The smallest absolute Gasteiger partial charge is 0.320 e. The van der Waals surface area contributed by atoms with Crippen LogP contribution in [0.3, 0.4) is 0 Å². The van der Waals surface area contributed by atoms with Gasteiger partial charge in [-0.3, -0.25) is 14.4 Å². The first-order valence-electron chi connectivity index (χ1n) is 6.02. The Morgan fingerprint density at radius 3 is 2.19 bits per heavy atom. The highest BCUT2D eigenvalue weighted by molar-refractivity contribution is 5.76. The quantitative estimate of drug-likeness (QED) is 0.173. The third kappa shape index (κ3) is 6.60. The summed E-state index contributed by atoms with van der Waals surface area (Å²) < 4.78 is 4.55. The minimum absolute atomic E-state index is 0.0347. The van der Waals surface area contributed by atoms with Gasteiger partial charge in [-0.25, -0.2) is 0 Å². The van der Waals surface area contributed by atoms with E-state index in [1.807, 2.05) is 0 Å². The van der Waals surface area contributed by atoms with Crippen molar-refractivity contribution in [3.05, 3.63) is 0 Å². The third-order valence-corrected chi connectivity index (χ3v) is 2.65. The average Bonchev–Trinajstić information content (AvgIpc) is 2.47. The second kappa shape index (κ2) is 9.37. The lowest BCUT2D eigenvalue weighted by atomic mass is 10.0. The first-order chi connectivity index (χ1) is 9.74. The third-order valence-electron chi connectivity index (χ3n) is 2.65. The number of carbonyl (C=O) groups is 3. The Hall–Kier alpha value is -1.59. The molecule has 5 atom stereocenters. The van der Waals surface area contributed by atoms with Crippen molar-refractivity contribution in [3.8, 4) is 0 Å². The molecule has 10 nitrogen and oxygen atoms in total. The molecule has 0 aromatic carbocycles. The zero-order chi connectivity index (χ0) is 16.6. The summed E-state index contributed by atoms with van der Waals surface area (Å²) in [5.74, 6) is -2.31. The molecule has 0 amide bonds. The number of ether oxygens (including phenoxy) is 1. The maximum atomic E-state index is 11.4. The number of rotatable bonds is 10. The van der Waals surface area contributed by atoms with E-state index in [2.05, 4.69) is 4.74 Å². The van der Waals surface area contributed by atoms with Crippen LogP contribution in [-0.2, 0) is 19.1 Å². The van der Waals surface area contributed by atoms with Crippen molar-refractivity contribution in [2.24, 2.45) is 5.73 Å². The lowest BCUT2D eigenvalue weighted by Crippen LogP contribution is -2.48. The topological polar surface area (TPSA) is 188 Å². The summed E-state index contributed by atoms with van der Waals surface area (Å²) in [5, 5.41) is 45.2. The van der Waals surface area contributed by atoms with Crippen molar-refractivity contribution in [2.45, 2.75) is 43.3 Å². The van der Waals surface area contributed by atoms with Crippen LogP contribution in [0, 0.1) is 0 Å². The molecule has 7 N–H and O–H groups in total. The first-order valence-corrected chi connectivity index (χ1v) is 6.02. The molecule has 0 aromatic heterocycles. The van der Waals surface area contributed by atoms with Gasteiger partial charge in [0, 0.05) is 6.42 Å². The van der Waals surface area contributed by atoms with Gasteiger partial charge in [-0.05, 0) is 6.42 Å². The largest absolute Gasteiger partial charge is 0.480 e. The van der Waals surface area contributed by atoms with Gasteiger partial charge >= 0.3 is 11.9 Å². The highest BCUT2D eigenvalue weighted by atomic mass is 16.6. The number of hydrogen-bond donors (Lipinski definition) is 6. The van der Waals surface area contributed by atoms with Crippen molar-refractivity contribution in [1.29, 1.82) is 0 Å². The molecule has 0 heterocycles. The fourth-order valence-electron chi connectivity index (χ4n) is 1.32. The number of aliphatic hydroxyl groups excluding tert-OH is 4.